The van der Waals surface area contributed by atoms with E-state index < -0.39 is 18.4 Å². The summed E-state index contributed by atoms with van der Waals surface area (Å²) in [7, 11) is 0. The summed E-state index contributed by atoms with van der Waals surface area (Å²) >= 11 is 0. The van der Waals surface area contributed by atoms with Crippen LogP contribution in [0.1, 0.15) is 48.2 Å². The quantitative estimate of drug-likeness (QED) is 0.730. The summed E-state index contributed by atoms with van der Waals surface area (Å²) in [6.45, 7) is 8.34. The molecule has 0 aromatic heterocycles. The van der Waals surface area contributed by atoms with Crippen molar-refractivity contribution in [1.29, 1.82) is 0 Å². The zero-order valence-electron chi connectivity index (χ0n) is 15.3. The molecule has 0 aliphatic carbocycles. The van der Waals surface area contributed by atoms with Crippen molar-refractivity contribution in [3.63, 3.8) is 0 Å². The Balaban J connectivity index is 2.06. The van der Waals surface area contributed by atoms with Gasteiger partial charge in [0.1, 0.15) is 6.04 Å². The molecule has 6 heteroatoms. The standard InChI is InChI=1S/C19H28N2O4/c1-11(2)9-16(18(23)20-15-7-8-25-19(15)24)21-17(22)14-6-5-12(3)13(4)10-14/h5-6,10-11,15-16,19,24H,7-9H2,1-4H3,(H,20,23)(H,21,22)/t15-,16?,19?/m0/s1. The van der Waals surface area contributed by atoms with Crippen LogP contribution in [0.25, 0.3) is 0 Å². The average Bonchev–Trinajstić information content (AvgIpc) is 2.93. The number of aryl methyl sites for hydroxylation is 2. The molecule has 0 bridgehead atoms. The summed E-state index contributed by atoms with van der Waals surface area (Å²) < 4.78 is 5.06. The number of ether oxygens (including phenoxy) is 1. The van der Waals surface area contributed by atoms with Gasteiger partial charge in [-0.25, -0.2) is 0 Å². The van der Waals surface area contributed by atoms with Crippen molar-refractivity contribution < 1.29 is 19.4 Å². The molecule has 25 heavy (non-hydrogen) atoms. The Hall–Kier alpha value is -1.92. The fourth-order valence-electron chi connectivity index (χ4n) is 2.83. The third-order valence-corrected chi connectivity index (χ3v) is 4.49. The minimum atomic E-state index is -0.987. The van der Waals surface area contributed by atoms with E-state index in [4.69, 9.17) is 4.74 Å². The molecule has 1 aromatic rings. The van der Waals surface area contributed by atoms with Gasteiger partial charge in [0.2, 0.25) is 5.91 Å². The molecule has 1 aliphatic heterocycles. The van der Waals surface area contributed by atoms with Gasteiger partial charge in [0, 0.05) is 5.56 Å². The van der Waals surface area contributed by atoms with Gasteiger partial charge < -0.3 is 20.5 Å². The summed E-state index contributed by atoms with van der Waals surface area (Å²) in [6, 6.07) is 4.40. The molecule has 2 amide bonds. The molecule has 0 radical (unpaired) electrons. The summed E-state index contributed by atoms with van der Waals surface area (Å²) in [5, 5.41) is 15.3. The number of hydrogen-bond donors (Lipinski definition) is 3. The lowest BCUT2D eigenvalue weighted by Crippen LogP contribution is -2.51. The van der Waals surface area contributed by atoms with Gasteiger partial charge in [-0.2, -0.15) is 0 Å². The number of aliphatic hydroxyl groups excluding tert-OH is 1. The molecule has 3 N–H and O–H groups in total. The minimum Gasteiger partial charge on any atom is -0.366 e. The van der Waals surface area contributed by atoms with Crippen molar-refractivity contribution in [1.82, 2.24) is 10.6 Å². The zero-order chi connectivity index (χ0) is 18.6. The highest BCUT2D eigenvalue weighted by molar-refractivity contribution is 5.97. The molecule has 1 fully saturated rings. The van der Waals surface area contributed by atoms with E-state index in [9.17, 15) is 14.7 Å². The molecule has 2 unspecified atom stereocenters. The molecule has 0 spiro atoms. The maximum Gasteiger partial charge on any atom is 0.251 e. The smallest absolute Gasteiger partial charge is 0.251 e. The molecule has 1 aliphatic rings. The lowest BCUT2D eigenvalue weighted by Gasteiger charge is -2.23. The predicted molar refractivity (Wildman–Crippen MR) is 95.1 cm³/mol. The van der Waals surface area contributed by atoms with Crippen LogP contribution in [-0.2, 0) is 9.53 Å². The molecule has 2 rings (SSSR count). The fourth-order valence-corrected chi connectivity index (χ4v) is 2.83. The second-order valence-electron chi connectivity index (χ2n) is 7.12. The largest absolute Gasteiger partial charge is 0.366 e. The Morgan fingerprint density at radius 1 is 1.28 bits per heavy atom. The van der Waals surface area contributed by atoms with Gasteiger partial charge in [-0.1, -0.05) is 19.9 Å². The topological polar surface area (TPSA) is 87.7 Å². The highest BCUT2D eigenvalue weighted by atomic mass is 16.6. The van der Waals surface area contributed by atoms with Crippen LogP contribution in [0.4, 0.5) is 0 Å². The Morgan fingerprint density at radius 3 is 2.56 bits per heavy atom. The van der Waals surface area contributed by atoms with E-state index in [1.807, 2.05) is 39.8 Å². The third kappa shape index (κ3) is 5.28. The molecule has 3 atom stereocenters. The zero-order valence-corrected chi connectivity index (χ0v) is 15.3. The molecule has 0 saturated carbocycles. The van der Waals surface area contributed by atoms with E-state index in [1.165, 1.54) is 0 Å². The van der Waals surface area contributed by atoms with Crippen molar-refractivity contribution in [2.24, 2.45) is 5.92 Å². The average molecular weight is 348 g/mol. The number of rotatable bonds is 6. The van der Waals surface area contributed by atoms with Crippen LogP contribution in [0.3, 0.4) is 0 Å². The third-order valence-electron chi connectivity index (χ3n) is 4.49. The first kappa shape index (κ1) is 19.4. The summed E-state index contributed by atoms with van der Waals surface area (Å²) in [5.41, 5.74) is 2.68. The van der Waals surface area contributed by atoms with Crippen molar-refractivity contribution in [2.45, 2.75) is 58.9 Å². The first-order valence-electron chi connectivity index (χ1n) is 8.76. The van der Waals surface area contributed by atoms with Gasteiger partial charge in [0.25, 0.3) is 5.91 Å². The normalized spacial score (nSPS) is 21.2. The molecule has 1 saturated heterocycles. The Morgan fingerprint density at radius 2 is 2.00 bits per heavy atom. The van der Waals surface area contributed by atoms with Crippen LogP contribution in [-0.4, -0.2) is 41.9 Å². The van der Waals surface area contributed by atoms with Crippen LogP contribution in [0.15, 0.2) is 18.2 Å². The number of amides is 2. The van der Waals surface area contributed by atoms with E-state index in [-0.39, 0.29) is 17.7 Å². The lowest BCUT2D eigenvalue weighted by molar-refractivity contribution is -0.127. The van der Waals surface area contributed by atoms with Gasteiger partial charge in [-0.3, -0.25) is 9.59 Å². The molecular formula is C19H28N2O4. The van der Waals surface area contributed by atoms with Crippen molar-refractivity contribution in [2.75, 3.05) is 6.61 Å². The van der Waals surface area contributed by atoms with E-state index in [0.29, 0.717) is 25.0 Å². The van der Waals surface area contributed by atoms with Crippen LogP contribution in [0, 0.1) is 19.8 Å². The maximum atomic E-state index is 12.6. The van der Waals surface area contributed by atoms with Gasteiger partial charge in [0.05, 0.1) is 12.6 Å². The Kier molecular flexibility index (Phi) is 6.56. The highest BCUT2D eigenvalue weighted by Crippen LogP contribution is 2.14. The van der Waals surface area contributed by atoms with Crippen LogP contribution < -0.4 is 10.6 Å². The minimum absolute atomic E-state index is 0.237. The predicted octanol–water partition coefficient (Wildman–Crippen LogP) is 1.67. The molecular weight excluding hydrogens is 320 g/mol. The molecule has 138 valence electrons. The number of benzene rings is 1. The van der Waals surface area contributed by atoms with E-state index in [2.05, 4.69) is 10.6 Å². The van der Waals surface area contributed by atoms with E-state index in [1.54, 1.807) is 6.07 Å². The number of carbonyl (C=O) groups is 2. The second kappa shape index (κ2) is 8.45. The summed E-state index contributed by atoms with van der Waals surface area (Å²) in [5.74, 6) is -0.326. The second-order valence-corrected chi connectivity index (χ2v) is 7.12. The fraction of sp³-hybridized carbons (Fsp3) is 0.579. The van der Waals surface area contributed by atoms with Gasteiger partial charge in [0.15, 0.2) is 6.29 Å². The van der Waals surface area contributed by atoms with Crippen molar-refractivity contribution in [3.8, 4) is 0 Å². The van der Waals surface area contributed by atoms with Gasteiger partial charge in [-0.15, -0.1) is 0 Å². The van der Waals surface area contributed by atoms with Crippen LogP contribution in [0.2, 0.25) is 0 Å². The molecule has 1 aromatic carbocycles. The first-order valence-corrected chi connectivity index (χ1v) is 8.76. The highest BCUT2D eigenvalue weighted by Gasteiger charge is 2.31. The van der Waals surface area contributed by atoms with Crippen LogP contribution >= 0.6 is 0 Å². The van der Waals surface area contributed by atoms with E-state index in [0.717, 1.165) is 11.1 Å². The summed E-state index contributed by atoms with van der Waals surface area (Å²) in [4.78, 5) is 25.1. The van der Waals surface area contributed by atoms with Crippen molar-refractivity contribution in [3.05, 3.63) is 34.9 Å². The number of nitrogens with one attached hydrogen (secondary N) is 2. The number of hydrogen-bond acceptors (Lipinski definition) is 4. The van der Waals surface area contributed by atoms with Crippen molar-refractivity contribution >= 4 is 11.8 Å². The Bertz CT molecular complexity index is 630. The molecule has 6 nitrogen and oxygen atoms in total. The number of aliphatic hydroxyl groups is 1. The van der Waals surface area contributed by atoms with Gasteiger partial charge in [-0.05, 0) is 55.9 Å². The monoisotopic (exact) mass is 348 g/mol. The van der Waals surface area contributed by atoms with Crippen LogP contribution in [0.5, 0.6) is 0 Å². The first-order chi connectivity index (χ1) is 11.8. The van der Waals surface area contributed by atoms with E-state index >= 15 is 0 Å². The molecule has 1 heterocycles. The summed E-state index contributed by atoms with van der Waals surface area (Å²) in [6.07, 6.45) is 0.0949. The SMILES string of the molecule is Cc1ccc(C(=O)NC(CC(C)C)C(=O)N[C@H]2CCOC2O)cc1C. The maximum absolute atomic E-state index is 12.6. The number of carbonyl (C=O) groups excluding carboxylic acids is 2. The Labute approximate surface area is 149 Å². The van der Waals surface area contributed by atoms with Gasteiger partial charge >= 0.3 is 0 Å². The lowest BCUT2D eigenvalue weighted by atomic mass is 10.0.